The van der Waals surface area contributed by atoms with Crippen LogP contribution in [0.3, 0.4) is 0 Å². The average molecular weight is 962 g/mol. The van der Waals surface area contributed by atoms with Crippen molar-refractivity contribution in [3.05, 3.63) is 65.0 Å². The zero-order valence-electron chi connectivity index (χ0n) is 37.2. The minimum absolute atomic E-state index is 0.0721. The van der Waals surface area contributed by atoms with Crippen LogP contribution < -0.4 is 10.1 Å². The number of amides is 1. The molecule has 0 aliphatic rings. The molecule has 2 aromatic carbocycles. The summed E-state index contributed by atoms with van der Waals surface area (Å²) in [5.74, 6) is -14.2. The lowest BCUT2D eigenvalue weighted by Crippen LogP contribution is -2.28. The maximum atomic E-state index is 13.6. The van der Waals surface area contributed by atoms with Crippen molar-refractivity contribution in [3.63, 3.8) is 0 Å². The molecule has 378 valence electrons. The number of hydrogen-bond donors (Lipinski definition) is 1. The Balaban J connectivity index is 1.16. The predicted molar refractivity (Wildman–Crippen MR) is 222 cm³/mol. The Morgan fingerprint density at radius 1 is 0.379 bits per heavy atom. The number of carbonyl (C=O) groups is 2. The number of hydrogen-bond acceptors (Lipinski definition) is 17. The molecule has 0 fully saturated rings. The second-order valence-corrected chi connectivity index (χ2v) is 13.1. The van der Waals surface area contributed by atoms with Crippen LogP contribution in [0.5, 0.6) is 5.75 Å². The third-order valence-electron chi connectivity index (χ3n) is 8.03. The lowest BCUT2D eigenvalue weighted by Gasteiger charge is -2.09. The Morgan fingerprint density at radius 3 is 1.00 bits per heavy atom. The molecule has 2 rings (SSSR count). The first-order chi connectivity index (χ1) is 32.3. The molecule has 66 heavy (non-hydrogen) atoms. The lowest BCUT2D eigenvalue weighted by molar-refractivity contribution is -0.136. The van der Waals surface area contributed by atoms with E-state index in [-0.39, 0.29) is 33.0 Å². The third-order valence-corrected chi connectivity index (χ3v) is 8.03. The summed E-state index contributed by atoms with van der Waals surface area (Å²) in [6.45, 7) is 9.99. The lowest BCUT2D eigenvalue weighted by atomic mass is 10.2. The molecule has 1 amide bonds. The van der Waals surface area contributed by atoms with Crippen LogP contribution in [-0.2, 0) is 77.7 Å². The van der Waals surface area contributed by atoms with Gasteiger partial charge in [-0.25, -0.2) is 18.0 Å². The Labute approximate surface area is 381 Å². The van der Waals surface area contributed by atoms with E-state index in [1.165, 1.54) is 0 Å². The predicted octanol–water partition coefficient (Wildman–Crippen LogP) is 3.82. The van der Waals surface area contributed by atoms with Crippen molar-refractivity contribution in [2.24, 2.45) is 0 Å². The van der Waals surface area contributed by atoms with Crippen LogP contribution in [0.4, 0.5) is 26.7 Å². The van der Waals surface area contributed by atoms with Crippen LogP contribution in [0, 0.1) is 29.1 Å². The van der Waals surface area contributed by atoms with E-state index in [0.29, 0.717) is 152 Å². The van der Waals surface area contributed by atoms with Crippen molar-refractivity contribution in [1.82, 2.24) is 5.32 Å². The zero-order chi connectivity index (χ0) is 47.6. The molecule has 0 aromatic heterocycles. The SMILES string of the molecule is O=C(CCOCCOCCOCCOCCOCCOCCOCCOCCOCCOCCOCCOCCOCCNC(=O)OCc1ccccc1)Oc1c(F)c(F)c(F)c(F)c1F. The van der Waals surface area contributed by atoms with Gasteiger partial charge in [0.05, 0.1) is 178 Å². The van der Waals surface area contributed by atoms with Gasteiger partial charge in [0.15, 0.2) is 0 Å². The second-order valence-electron chi connectivity index (χ2n) is 13.1. The Morgan fingerprint density at radius 2 is 0.667 bits per heavy atom. The van der Waals surface area contributed by atoms with Gasteiger partial charge in [-0.2, -0.15) is 8.78 Å². The van der Waals surface area contributed by atoms with E-state index < -0.39 is 53.3 Å². The summed E-state index contributed by atoms with van der Waals surface area (Å²) in [5.41, 5.74) is 0.922. The molecular formula is C43H64F5NO17. The number of carbonyl (C=O) groups excluding carboxylic acids is 2. The Hall–Kier alpha value is -3.69. The van der Waals surface area contributed by atoms with Crippen LogP contribution in [-0.4, -0.2) is 190 Å². The van der Waals surface area contributed by atoms with E-state index in [0.717, 1.165) is 5.56 Å². The molecule has 0 heterocycles. The van der Waals surface area contributed by atoms with Crippen LogP contribution in [0.2, 0.25) is 0 Å². The van der Waals surface area contributed by atoms with Crippen LogP contribution in [0.1, 0.15) is 12.0 Å². The highest BCUT2D eigenvalue weighted by molar-refractivity contribution is 5.72. The highest BCUT2D eigenvalue weighted by Crippen LogP contribution is 2.29. The maximum Gasteiger partial charge on any atom is 0.407 e. The van der Waals surface area contributed by atoms with Gasteiger partial charge in [-0.15, -0.1) is 0 Å². The quantitative estimate of drug-likeness (QED) is 0.0252. The van der Waals surface area contributed by atoms with Crippen molar-refractivity contribution in [2.45, 2.75) is 13.0 Å². The number of esters is 1. The summed E-state index contributed by atoms with van der Waals surface area (Å²) in [5, 5.41) is 2.63. The van der Waals surface area contributed by atoms with Crippen LogP contribution >= 0.6 is 0 Å². The van der Waals surface area contributed by atoms with E-state index in [4.69, 9.17) is 66.3 Å². The first kappa shape index (κ1) is 58.4. The van der Waals surface area contributed by atoms with Gasteiger partial charge in [-0.1, -0.05) is 30.3 Å². The molecule has 0 spiro atoms. The molecule has 0 atom stereocenters. The monoisotopic (exact) mass is 961 g/mol. The summed E-state index contributed by atoms with van der Waals surface area (Å²) < 4.78 is 146. The Bertz CT molecular complexity index is 1480. The number of nitrogens with one attached hydrogen (secondary N) is 1. The molecule has 1 N–H and O–H groups in total. The second kappa shape index (κ2) is 41.5. The van der Waals surface area contributed by atoms with Gasteiger partial charge in [0.1, 0.15) is 6.61 Å². The summed E-state index contributed by atoms with van der Waals surface area (Å²) in [4.78, 5) is 23.3. The summed E-state index contributed by atoms with van der Waals surface area (Å²) in [6.07, 6.45) is -0.981. The fourth-order valence-corrected chi connectivity index (χ4v) is 4.74. The topological polar surface area (TPSA) is 185 Å². The molecule has 0 aliphatic carbocycles. The summed E-state index contributed by atoms with van der Waals surface area (Å²) in [6, 6.07) is 9.44. The van der Waals surface area contributed by atoms with Crippen molar-refractivity contribution in [3.8, 4) is 5.75 Å². The molecular weight excluding hydrogens is 897 g/mol. The van der Waals surface area contributed by atoms with Crippen molar-refractivity contribution in [2.75, 3.05) is 178 Å². The first-order valence-corrected chi connectivity index (χ1v) is 21.5. The minimum Gasteiger partial charge on any atom is -0.445 e. The molecule has 0 saturated heterocycles. The van der Waals surface area contributed by atoms with Gasteiger partial charge in [0.25, 0.3) is 0 Å². The molecule has 0 radical (unpaired) electrons. The van der Waals surface area contributed by atoms with Gasteiger partial charge >= 0.3 is 12.1 Å². The molecule has 0 unspecified atom stereocenters. The minimum atomic E-state index is -2.35. The maximum absolute atomic E-state index is 13.6. The average Bonchev–Trinajstić information content (AvgIpc) is 3.32. The smallest absolute Gasteiger partial charge is 0.407 e. The third kappa shape index (κ3) is 31.3. The summed E-state index contributed by atoms with van der Waals surface area (Å²) >= 11 is 0. The number of halogens is 5. The van der Waals surface area contributed by atoms with Gasteiger partial charge in [0, 0.05) is 6.54 Å². The molecule has 23 heteroatoms. The Kier molecular flexibility index (Phi) is 36.7. The standard InChI is InChI=1S/C43H64F5NO17/c44-37-38(45)40(47)42(41(48)39(37)46)66-36(50)6-8-52-10-12-54-14-16-56-18-20-58-22-24-60-26-28-62-30-32-64-33-31-63-29-27-61-25-23-59-21-19-57-17-15-55-13-11-53-9-7-49-43(51)65-34-35-4-2-1-3-5-35/h1-5H,6-34H2,(H,49,51). The normalized spacial score (nSPS) is 11.3. The zero-order valence-corrected chi connectivity index (χ0v) is 37.2. The largest absolute Gasteiger partial charge is 0.445 e. The van der Waals surface area contributed by atoms with Crippen LogP contribution in [0.25, 0.3) is 0 Å². The molecule has 0 saturated carbocycles. The van der Waals surface area contributed by atoms with Gasteiger partial charge in [-0.3, -0.25) is 4.79 Å². The van der Waals surface area contributed by atoms with Crippen LogP contribution in [0.15, 0.2) is 30.3 Å². The van der Waals surface area contributed by atoms with E-state index in [9.17, 15) is 31.5 Å². The van der Waals surface area contributed by atoms with E-state index >= 15 is 0 Å². The molecule has 18 nitrogen and oxygen atoms in total. The van der Waals surface area contributed by atoms with Gasteiger partial charge in [-0.05, 0) is 5.56 Å². The highest BCUT2D eigenvalue weighted by Gasteiger charge is 2.28. The van der Waals surface area contributed by atoms with E-state index in [1.54, 1.807) is 0 Å². The molecule has 2 aromatic rings. The number of benzene rings is 2. The van der Waals surface area contributed by atoms with Crippen molar-refractivity contribution >= 4 is 12.1 Å². The summed E-state index contributed by atoms with van der Waals surface area (Å²) in [7, 11) is 0. The first-order valence-electron chi connectivity index (χ1n) is 21.5. The van der Waals surface area contributed by atoms with E-state index in [1.807, 2.05) is 30.3 Å². The fraction of sp³-hybridized carbons (Fsp3) is 0.674. The van der Waals surface area contributed by atoms with Gasteiger partial charge in [0.2, 0.25) is 34.8 Å². The van der Waals surface area contributed by atoms with Crippen molar-refractivity contribution in [1.29, 1.82) is 0 Å². The number of alkyl carbamates (subject to hydrolysis) is 1. The van der Waals surface area contributed by atoms with E-state index in [2.05, 4.69) is 10.1 Å². The number of ether oxygens (including phenoxy) is 15. The van der Waals surface area contributed by atoms with Crippen molar-refractivity contribution < 1.29 is 103 Å². The van der Waals surface area contributed by atoms with Gasteiger partial charge < -0.3 is 76.4 Å². The highest BCUT2D eigenvalue weighted by atomic mass is 19.2. The molecule has 0 bridgehead atoms. The molecule has 0 aliphatic heterocycles. The fourth-order valence-electron chi connectivity index (χ4n) is 4.74. The number of rotatable bonds is 45.